The van der Waals surface area contributed by atoms with Gasteiger partial charge in [0, 0.05) is 0 Å². The van der Waals surface area contributed by atoms with Gasteiger partial charge in [-0.2, -0.15) is 0 Å². The van der Waals surface area contributed by atoms with Crippen molar-refractivity contribution in [3.8, 4) is 0 Å². The Bertz CT molecular complexity index is 702. The molecule has 0 spiro atoms. The Morgan fingerprint density at radius 2 is 1.75 bits per heavy atom. The van der Waals surface area contributed by atoms with Gasteiger partial charge in [0.05, 0.1) is 22.3 Å². The van der Waals surface area contributed by atoms with Crippen molar-refractivity contribution in [2.24, 2.45) is 0 Å². The Hall–Kier alpha value is -2.17. The normalized spacial score (nSPS) is 11.4. The molecular weight excluding hydrogens is 204 g/mol. The molecule has 0 saturated heterocycles. The molecule has 5 heteroatoms. The second-order valence-electron chi connectivity index (χ2n) is 3.77. The van der Waals surface area contributed by atoms with Gasteiger partial charge in [0.1, 0.15) is 11.0 Å². The summed E-state index contributed by atoms with van der Waals surface area (Å²) in [5.74, 6) is 0.290. The van der Waals surface area contributed by atoms with Crippen LogP contribution in [0.15, 0.2) is 16.7 Å². The first-order chi connectivity index (χ1) is 7.66. The minimum absolute atomic E-state index is 0.290. The predicted octanol–water partition coefficient (Wildman–Crippen LogP) is 1.97. The Morgan fingerprint density at radius 3 is 2.56 bits per heavy atom. The van der Waals surface area contributed by atoms with Crippen molar-refractivity contribution in [2.45, 2.75) is 13.8 Å². The summed E-state index contributed by atoms with van der Waals surface area (Å²) in [5.41, 5.74) is 9.81. The molecule has 0 aliphatic carbocycles. The molecule has 0 atom stereocenters. The summed E-state index contributed by atoms with van der Waals surface area (Å²) >= 11 is 0. The van der Waals surface area contributed by atoms with Gasteiger partial charge in [0.15, 0.2) is 0 Å². The lowest BCUT2D eigenvalue weighted by Crippen LogP contribution is -1.94. The van der Waals surface area contributed by atoms with Gasteiger partial charge in [0.2, 0.25) is 5.88 Å². The topological polar surface area (TPSA) is 77.8 Å². The third-order valence-corrected chi connectivity index (χ3v) is 2.71. The average molecular weight is 214 g/mol. The number of anilines is 1. The molecule has 2 heterocycles. The lowest BCUT2D eigenvalue weighted by Gasteiger charge is -2.02. The van der Waals surface area contributed by atoms with Gasteiger partial charge in [-0.15, -0.1) is 0 Å². The number of rotatable bonds is 0. The number of nitrogens with zero attached hydrogens (tertiary/aromatic N) is 3. The van der Waals surface area contributed by atoms with Crippen LogP contribution in [0.3, 0.4) is 0 Å². The SMILES string of the molecule is Cc1nc2ccc3noc(N)c3c2nc1C. The van der Waals surface area contributed by atoms with Crippen molar-refractivity contribution in [2.75, 3.05) is 5.73 Å². The quantitative estimate of drug-likeness (QED) is 0.619. The molecule has 0 fully saturated rings. The summed E-state index contributed by atoms with van der Waals surface area (Å²) < 4.78 is 4.95. The van der Waals surface area contributed by atoms with Crippen molar-refractivity contribution in [3.05, 3.63) is 23.5 Å². The van der Waals surface area contributed by atoms with Crippen LogP contribution in [0.25, 0.3) is 21.9 Å². The number of hydrogen-bond donors (Lipinski definition) is 1. The fourth-order valence-electron chi connectivity index (χ4n) is 1.75. The molecule has 5 nitrogen and oxygen atoms in total. The van der Waals surface area contributed by atoms with E-state index in [1.54, 1.807) is 0 Å². The van der Waals surface area contributed by atoms with E-state index in [2.05, 4.69) is 15.1 Å². The highest BCUT2D eigenvalue weighted by atomic mass is 16.5. The predicted molar refractivity (Wildman–Crippen MR) is 61.0 cm³/mol. The summed E-state index contributed by atoms with van der Waals surface area (Å²) in [7, 11) is 0. The highest BCUT2D eigenvalue weighted by Gasteiger charge is 2.12. The monoisotopic (exact) mass is 214 g/mol. The van der Waals surface area contributed by atoms with Gasteiger partial charge >= 0.3 is 0 Å². The maximum Gasteiger partial charge on any atom is 0.232 e. The van der Waals surface area contributed by atoms with Crippen LogP contribution in [0.4, 0.5) is 5.88 Å². The molecule has 2 N–H and O–H groups in total. The highest BCUT2D eigenvalue weighted by Crippen LogP contribution is 2.27. The third kappa shape index (κ3) is 1.08. The van der Waals surface area contributed by atoms with Crippen LogP contribution in [-0.4, -0.2) is 15.1 Å². The Balaban J connectivity index is 2.58. The van der Waals surface area contributed by atoms with Crippen LogP contribution in [0.1, 0.15) is 11.4 Å². The molecule has 2 aromatic heterocycles. The molecule has 0 amide bonds. The standard InChI is InChI=1S/C11H10N4O/c1-5-6(2)14-10-8(13-5)4-3-7-9(10)11(12)16-15-7/h3-4H,12H2,1-2H3. The third-order valence-electron chi connectivity index (χ3n) is 2.71. The number of fused-ring (bicyclic) bond motifs is 3. The first-order valence-corrected chi connectivity index (χ1v) is 4.95. The van der Waals surface area contributed by atoms with Crippen LogP contribution >= 0.6 is 0 Å². The van der Waals surface area contributed by atoms with Crippen LogP contribution in [0.2, 0.25) is 0 Å². The van der Waals surface area contributed by atoms with E-state index >= 15 is 0 Å². The van der Waals surface area contributed by atoms with Crippen LogP contribution in [0, 0.1) is 13.8 Å². The minimum Gasteiger partial charge on any atom is -0.367 e. The number of nitrogen functional groups attached to an aromatic ring is 1. The first-order valence-electron chi connectivity index (χ1n) is 4.95. The van der Waals surface area contributed by atoms with E-state index in [0.717, 1.165) is 27.8 Å². The van der Waals surface area contributed by atoms with E-state index in [1.807, 2.05) is 26.0 Å². The molecule has 16 heavy (non-hydrogen) atoms. The Morgan fingerprint density at radius 1 is 1.06 bits per heavy atom. The summed E-state index contributed by atoms with van der Waals surface area (Å²) in [5, 5.41) is 4.60. The smallest absolute Gasteiger partial charge is 0.232 e. The van der Waals surface area contributed by atoms with E-state index in [-0.39, 0.29) is 5.88 Å². The Labute approximate surface area is 91.3 Å². The van der Waals surface area contributed by atoms with Gasteiger partial charge < -0.3 is 10.3 Å². The van der Waals surface area contributed by atoms with Crippen molar-refractivity contribution >= 4 is 27.8 Å². The molecule has 0 bridgehead atoms. The van der Waals surface area contributed by atoms with E-state index in [9.17, 15) is 0 Å². The zero-order valence-electron chi connectivity index (χ0n) is 8.98. The second kappa shape index (κ2) is 2.91. The van der Waals surface area contributed by atoms with E-state index in [4.69, 9.17) is 10.3 Å². The van der Waals surface area contributed by atoms with Crippen molar-refractivity contribution in [3.63, 3.8) is 0 Å². The molecule has 0 unspecified atom stereocenters. The fraction of sp³-hybridized carbons (Fsp3) is 0.182. The zero-order chi connectivity index (χ0) is 11.3. The molecule has 3 rings (SSSR count). The fourth-order valence-corrected chi connectivity index (χ4v) is 1.75. The molecule has 0 aliphatic heterocycles. The molecule has 0 aliphatic rings. The van der Waals surface area contributed by atoms with E-state index in [0.29, 0.717) is 5.52 Å². The van der Waals surface area contributed by atoms with Crippen LogP contribution in [0.5, 0.6) is 0 Å². The summed E-state index contributed by atoms with van der Waals surface area (Å²) in [6.45, 7) is 3.85. The summed E-state index contributed by atoms with van der Waals surface area (Å²) in [4.78, 5) is 8.95. The van der Waals surface area contributed by atoms with Crippen molar-refractivity contribution in [1.82, 2.24) is 15.1 Å². The number of nitrogens with two attached hydrogens (primary N) is 1. The first kappa shape index (κ1) is 9.08. The molecule has 0 radical (unpaired) electrons. The van der Waals surface area contributed by atoms with E-state index < -0.39 is 0 Å². The van der Waals surface area contributed by atoms with Crippen LogP contribution in [-0.2, 0) is 0 Å². The van der Waals surface area contributed by atoms with Gasteiger partial charge in [-0.3, -0.25) is 0 Å². The van der Waals surface area contributed by atoms with Crippen LogP contribution < -0.4 is 5.73 Å². The van der Waals surface area contributed by atoms with Gasteiger partial charge in [-0.25, -0.2) is 9.97 Å². The number of hydrogen-bond acceptors (Lipinski definition) is 5. The maximum absolute atomic E-state index is 5.73. The van der Waals surface area contributed by atoms with Crippen molar-refractivity contribution < 1.29 is 4.52 Å². The molecule has 80 valence electrons. The second-order valence-corrected chi connectivity index (χ2v) is 3.77. The molecule has 1 aromatic carbocycles. The largest absolute Gasteiger partial charge is 0.367 e. The number of aromatic nitrogens is 3. The maximum atomic E-state index is 5.73. The minimum atomic E-state index is 0.290. The highest BCUT2D eigenvalue weighted by molar-refractivity contribution is 6.07. The molecule has 0 saturated carbocycles. The summed E-state index contributed by atoms with van der Waals surface area (Å²) in [6.07, 6.45) is 0. The zero-order valence-corrected chi connectivity index (χ0v) is 8.98. The number of benzene rings is 1. The van der Waals surface area contributed by atoms with Gasteiger partial charge in [-0.1, -0.05) is 5.16 Å². The average Bonchev–Trinajstić information content (AvgIpc) is 2.63. The lowest BCUT2D eigenvalue weighted by molar-refractivity contribution is 0.445. The van der Waals surface area contributed by atoms with Crippen molar-refractivity contribution in [1.29, 1.82) is 0 Å². The molecular formula is C11H10N4O. The molecule has 3 aromatic rings. The lowest BCUT2D eigenvalue weighted by atomic mass is 10.2. The van der Waals surface area contributed by atoms with E-state index in [1.165, 1.54) is 0 Å². The van der Waals surface area contributed by atoms with Gasteiger partial charge in [-0.05, 0) is 26.0 Å². The Kier molecular flexibility index (Phi) is 1.65. The number of aryl methyl sites for hydroxylation is 2. The summed E-state index contributed by atoms with van der Waals surface area (Å²) in [6, 6.07) is 3.71. The van der Waals surface area contributed by atoms with Gasteiger partial charge in [0.25, 0.3) is 0 Å².